The van der Waals surface area contributed by atoms with Crippen LogP contribution in [0.1, 0.15) is 55.9 Å². The number of ether oxygens (including phenoxy) is 1. The van der Waals surface area contributed by atoms with E-state index >= 15 is 0 Å². The summed E-state index contributed by atoms with van der Waals surface area (Å²) >= 11 is 0. The molecule has 0 aromatic heterocycles. The lowest BCUT2D eigenvalue weighted by Crippen LogP contribution is -2.52. The number of benzene rings is 2. The van der Waals surface area contributed by atoms with Crippen molar-refractivity contribution in [3.63, 3.8) is 0 Å². The molecule has 0 radical (unpaired) electrons. The summed E-state index contributed by atoms with van der Waals surface area (Å²) in [6.45, 7) is 2.13. The fourth-order valence-corrected chi connectivity index (χ4v) is 5.57. The highest BCUT2D eigenvalue weighted by Gasteiger charge is 2.64. The number of aliphatic hydroxyl groups excluding tert-OH is 1. The van der Waals surface area contributed by atoms with Gasteiger partial charge in [0.25, 0.3) is 0 Å². The van der Waals surface area contributed by atoms with Crippen molar-refractivity contribution in [1.29, 1.82) is 0 Å². The second kappa shape index (κ2) is 6.33. The van der Waals surface area contributed by atoms with Gasteiger partial charge in [-0.3, -0.25) is 4.90 Å². The Labute approximate surface area is 160 Å². The van der Waals surface area contributed by atoms with Crippen LogP contribution in [0.25, 0.3) is 0 Å². The molecule has 4 heteroatoms. The standard InChI is InChI=1S/C23H27NO3/c1-15(21(26)16-7-11-20(25)12-8-16)24-18-9-10-19(24)14-23(13-18)22(27-23)17-5-3-2-4-6-17/h2-8,11-12,15,18-19,21-22,25-26H,9-10,13-14H2,1H3/t15-,18?,19?,21+,22?,23?/m0/s1. The summed E-state index contributed by atoms with van der Waals surface area (Å²) in [5, 5.41) is 20.4. The number of epoxide rings is 1. The second-order valence-corrected chi connectivity index (χ2v) is 8.49. The van der Waals surface area contributed by atoms with Gasteiger partial charge < -0.3 is 14.9 Å². The predicted octanol–water partition coefficient (Wildman–Crippen LogP) is 3.95. The number of phenolic OH excluding ortho intramolecular Hbond substituents is 1. The monoisotopic (exact) mass is 365 g/mol. The highest BCUT2D eigenvalue weighted by molar-refractivity contribution is 5.30. The molecular formula is C23H27NO3. The summed E-state index contributed by atoms with van der Waals surface area (Å²) < 4.78 is 6.28. The fraction of sp³-hybridized carbons (Fsp3) is 0.478. The highest BCUT2D eigenvalue weighted by Crippen LogP contribution is 2.61. The van der Waals surface area contributed by atoms with E-state index in [0.717, 1.165) is 18.4 Å². The molecule has 5 rings (SSSR count). The van der Waals surface area contributed by atoms with E-state index in [9.17, 15) is 10.2 Å². The molecule has 3 aliphatic rings. The number of rotatable bonds is 4. The molecule has 142 valence electrons. The number of nitrogens with zero attached hydrogens (tertiary/aromatic N) is 1. The number of fused-ring (bicyclic) bond motifs is 2. The summed E-state index contributed by atoms with van der Waals surface area (Å²) in [7, 11) is 0. The molecule has 2 N–H and O–H groups in total. The van der Waals surface area contributed by atoms with Gasteiger partial charge in [-0.25, -0.2) is 0 Å². The maximum absolute atomic E-state index is 10.9. The van der Waals surface area contributed by atoms with Gasteiger partial charge in [0, 0.05) is 18.1 Å². The number of piperidine rings is 1. The molecule has 0 aliphatic carbocycles. The van der Waals surface area contributed by atoms with Crippen LogP contribution in [0.5, 0.6) is 5.75 Å². The smallest absolute Gasteiger partial charge is 0.115 e. The van der Waals surface area contributed by atoms with Crippen LogP contribution in [0.3, 0.4) is 0 Å². The van der Waals surface area contributed by atoms with Gasteiger partial charge in [-0.1, -0.05) is 42.5 Å². The Morgan fingerprint density at radius 1 is 1.00 bits per heavy atom. The Balaban J connectivity index is 1.32. The Hall–Kier alpha value is -1.88. The van der Waals surface area contributed by atoms with E-state index in [1.54, 1.807) is 12.1 Å². The molecule has 0 saturated carbocycles. The predicted molar refractivity (Wildman–Crippen MR) is 103 cm³/mol. The first-order valence-electron chi connectivity index (χ1n) is 10.0. The highest BCUT2D eigenvalue weighted by atomic mass is 16.6. The zero-order valence-electron chi connectivity index (χ0n) is 15.7. The maximum Gasteiger partial charge on any atom is 0.115 e. The molecule has 3 unspecified atom stereocenters. The van der Waals surface area contributed by atoms with Crippen molar-refractivity contribution in [2.75, 3.05) is 0 Å². The van der Waals surface area contributed by atoms with Crippen molar-refractivity contribution in [1.82, 2.24) is 4.90 Å². The quantitative estimate of drug-likeness (QED) is 0.806. The van der Waals surface area contributed by atoms with Crippen LogP contribution in [0.15, 0.2) is 54.6 Å². The van der Waals surface area contributed by atoms with Crippen molar-refractivity contribution >= 4 is 0 Å². The largest absolute Gasteiger partial charge is 0.508 e. The van der Waals surface area contributed by atoms with Crippen LogP contribution in [0.4, 0.5) is 0 Å². The number of phenols is 1. The Morgan fingerprint density at radius 2 is 1.63 bits per heavy atom. The van der Waals surface area contributed by atoms with E-state index in [1.807, 2.05) is 12.1 Å². The lowest BCUT2D eigenvalue weighted by molar-refractivity contribution is -0.00988. The van der Waals surface area contributed by atoms with Crippen LogP contribution < -0.4 is 0 Å². The summed E-state index contributed by atoms with van der Waals surface area (Å²) in [4.78, 5) is 2.53. The van der Waals surface area contributed by atoms with Crippen molar-refractivity contribution in [2.24, 2.45) is 0 Å². The van der Waals surface area contributed by atoms with E-state index < -0.39 is 6.10 Å². The van der Waals surface area contributed by atoms with Gasteiger partial charge in [0.1, 0.15) is 17.5 Å². The molecule has 3 fully saturated rings. The Morgan fingerprint density at radius 3 is 2.26 bits per heavy atom. The lowest BCUT2D eigenvalue weighted by Gasteiger charge is -2.43. The van der Waals surface area contributed by atoms with Gasteiger partial charge in [-0.15, -0.1) is 0 Å². The van der Waals surface area contributed by atoms with Crippen LogP contribution in [-0.4, -0.2) is 38.8 Å². The minimum absolute atomic E-state index is 0.00684. The molecule has 5 atom stereocenters. The molecule has 27 heavy (non-hydrogen) atoms. The van der Waals surface area contributed by atoms with Gasteiger partial charge in [0.2, 0.25) is 0 Å². The van der Waals surface area contributed by atoms with E-state index in [-0.39, 0.29) is 23.5 Å². The first kappa shape index (κ1) is 17.2. The van der Waals surface area contributed by atoms with E-state index in [4.69, 9.17) is 4.74 Å². The first-order chi connectivity index (χ1) is 13.1. The van der Waals surface area contributed by atoms with Crippen LogP contribution in [0.2, 0.25) is 0 Å². The molecule has 4 nitrogen and oxygen atoms in total. The zero-order chi connectivity index (χ0) is 18.6. The third-order valence-corrected chi connectivity index (χ3v) is 6.88. The summed E-state index contributed by atoms with van der Waals surface area (Å²) in [5.74, 6) is 0.233. The topological polar surface area (TPSA) is 56.2 Å². The van der Waals surface area contributed by atoms with E-state index in [2.05, 4.69) is 42.2 Å². The molecule has 2 aromatic rings. The summed E-state index contributed by atoms with van der Waals surface area (Å²) in [6, 6.07) is 18.5. The molecule has 1 spiro atoms. The third kappa shape index (κ3) is 2.87. The van der Waals surface area contributed by atoms with Gasteiger partial charge in [-0.05, 0) is 55.9 Å². The number of aliphatic hydroxyl groups is 1. The summed E-state index contributed by atoms with van der Waals surface area (Å²) in [5.41, 5.74) is 2.17. The SMILES string of the molecule is C[C@@H]([C@@H](O)c1ccc(O)cc1)N1C2CCC1CC1(C2)OC1c1ccccc1. The van der Waals surface area contributed by atoms with E-state index in [1.165, 1.54) is 18.4 Å². The van der Waals surface area contributed by atoms with Crippen molar-refractivity contribution in [3.8, 4) is 5.75 Å². The molecule has 0 amide bonds. The van der Waals surface area contributed by atoms with Crippen molar-refractivity contribution in [3.05, 3.63) is 65.7 Å². The maximum atomic E-state index is 10.9. The average molecular weight is 365 g/mol. The molecule has 3 aliphatic heterocycles. The average Bonchev–Trinajstić information content (AvgIpc) is 3.31. The third-order valence-electron chi connectivity index (χ3n) is 6.88. The number of hydrogen-bond acceptors (Lipinski definition) is 4. The molecule has 3 saturated heterocycles. The first-order valence-corrected chi connectivity index (χ1v) is 10.0. The molecule has 3 heterocycles. The van der Waals surface area contributed by atoms with Crippen LogP contribution in [0, 0.1) is 0 Å². The Kier molecular flexibility index (Phi) is 4.04. The van der Waals surface area contributed by atoms with Gasteiger partial charge in [0.05, 0.1) is 6.10 Å². The lowest BCUT2D eigenvalue weighted by atomic mass is 9.84. The fourth-order valence-electron chi connectivity index (χ4n) is 5.57. The molecular weight excluding hydrogens is 338 g/mol. The molecule has 2 aromatic carbocycles. The Bertz CT molecular complexity index is 792. The van der Waals surface area contributed by atoms with Crippen molar-refractivity contribution in [2.45, 2.75) is 68.5 Å². The second-order valence-electron chi connectivity index (χ2n) is 8.49. The minimum atomic E-state index is -0.548. The zero-order valence-corrected chi connectivity index (χ0v) is 15.7. The van der Waals surface area contributed by atoms with Crippen molar-refractivity contribution < 1.29 is 14.9 Å². The van der Waals surface area contributed by atoms with E-state index in [0.29, 0.717) is 12.1 Å². The van der Waals surface area contributed by atoms with Gasteiger partial charge >= 0.3 is 0 Å². The summed E-state index contributed by atoms with van der Waals surface area (Å²) in [6.07, 6.45) is 4.16. The van der Waals surface area contributed by atoms with Crippen LogP contribution >= 0.6 is 0 Å². The van der Waals surface area contributed by atoms with Crippen LogP contribution in [-0.2, 0) is 4.74 Å². The normalized spacial score (nSPS) is 34.5. The number of hydrogen-bond donors (Lipinski definition) is 2. The minimum Gasteiger partial charge on any atom is -0.508 e. The van der Waals surface area contributed by atoms with Gasteiger partial charge in [0.15, 0.2) is 0 Å². The number of aromatic hydroxyl groups is 1. The van der Waals surface area contributed by atoms with Gasteiger partial charge in [-0.2, -0.15) is 0 Å². The molecule has 2 bridgehead atoms.